The predicted molar refractivity (Wildman–Crippen MR) is 91.5 cm³/mol. The van der Waals surface area contributed by atoms with Crippen molar-refractivity contribution in [2.24, 2.45) is 0 Å². The maximum Gasteiger partial charge on any atom is 0.407 e. The fourth-order valence-corrected chi connectivity index (χ4v) is 4.51. The number of rotatable bonds is 3. The summed E-state index contributed by atoms with van der Waals surface area (Å²) in [7, 11) is 0. The Labute approximate surface area is 155 Å². The first kappa shape index (κ1) is 18.9. The summed E-state index contributed by atoms with van der Waals surface area (Å²) in [5.74, 6) is -0.788. The number of piperidine rings is 1. The molecule has 1 saturated carbocycles. The molecule has 0 aromatic carbocycles. The second-order valence-electron chi connectivity index (χ2n) is 6.92. The minimum atomic E-state index is -0.929. The van der Waals surface area contributed by atoms with E-state index in [0.29, 0.717) is 58.4 Å². The smallest absolute Gasteiger partial charge is 0.407 e. The number of halogens is 1. The first-order chi connectivity index (χ1) is 12.0. The third-order valence-electron chi connectivity index (χ3n) is 5.49. The molecule has 3 fully saturated rings. The van der Waals surface area contributed by atoms with E-state index in [2.05, 4.69) is 15.9 Å². The van der Waals surface area contributed by atoms with E-state index in [1.165, 1.54) is 4.90 Å². The molecular weight excluding hydrogens is 396 g/mol. The third-order valence-corrected chi connectivity index (χ3v) is 5.97. The average molecular weight is 421 g/mol. The number of alkyl halides is 1. The van der Waals surface area contributed by atoms with Gasteiger partial charge in [0.1, 0.15) is 0 Å². The lowest BCUT2D eigenvalue weighted by atomic mass is 9.84. The Bertz CT molecular complexity index is 505. The highest BCUT2D eigenvalue weighted by atomic mass is 79.9. The van der Waals surface area contributed by atoms with Crippen molar-refractivity contribution in [1.29, 1.82) is 0 Å². The summed E-state index contributed by atoms with van der Waals surface area (Å²) in [4.78, 5) is 26.9. The average Bonchev–Trinajstić information content (AvgIpc) is 3.07. The monoisotopic (exact) mass is 420 g/mol. The zero-order valence-electron chi connectivity index (χ0n) is 14.1. The van der Waals surface area contributed by atoms with Crippen molar-refractivity contribution in [2.75, 3.05) is 31.6 Å². The number of nitrogens with zero attached hydrogens (tertiary/aromatic N) is 2. The third kappa shape index (κ3) is 3.94. The highest BCUT2D eigenvalue weighted by Gasteiger charge is 2.48. The lowest BCUT2D eigenvalue weighted by molar-refractivity contribution is -0.208. The van der Waals surface area contributed by atoms with Crippen molar-refractivity contribution in [3.63, 3.8) is 0 Å². The zero-order chi connectivity index (χ0) is 18.0. The fraction of sp³-hybridized carbons (Fsp3) is 0.875. The molecule has 2 atom stereocenters. The van der Waals surface area contributed by atoms with Crippen LogP contribution in [0, 0.1) is 0 Å². The normalized spacial score (nSPS) is 29.8. The van der Waals surface area contributed by atoms with Crippen LogP contribution in [0.4, 0.5) is 4.79 Å². The number of carbonyl (C=O) groups is 2. The van der Waals surface area contributed by atoms with Gasteiger partial charge < -0.3 is 29.5 Å². The van der Waals surface area contributed by atoms with Gasteiger partial charge in [-0.15, -0.1) is 0 Å². The summed E-state index contributed by atoms with van der Waals surface area (Å²) in [6, 6.07) is -0.463. The van der Waals surface area contributed by atoms with Crippen LogP contribution in [0.2, 0.25) is 0 Å². The Hall–Kier alpha value is -0.900. The van der Waals surface area contributed by atoms with Gasteiger partial charge in [-0.05, 0) is 19.3 Å². The Morgan fingerprint density at radius 2 is 1.84 bits per heavy atom. The maximum absolute atomic E-state index is 12.6. The number of carboxylic acid groups (broad SMARTS) is 1. The van der Waals surface area contributed by atoms with Gasteiger partial charge in [-0.1, -0.05) is 15.9 Å². The summed E-state index contributed by atoms with van der Waals surface area (Å²) in [5, 5.41) is 19.9. The molecule has 0 bridgehead atoms. The number of carbonyl (C=O) groups excluding carboxylic acids is 1. The molecule has 25 heavy (non-hydrogen) atoms. The van der Waals surface area contributed by atoms with Gasteiger partial charge in [0.25, 0.3) is 0 Å². The van der Waals surface area contributed by atoms with E-state index in [0.717, 1.165) is 0 Å². The van der Waals surface area contributed by atoms with Crippen LogP contribution in [0.25, 0.3) is 0 Å². The molecule has 1 spiro atoms. The van der Waals surface area contributed by atoms with Crippen LogP contribution in [0.5, 0.6) is 0 Å². The number of hydrogen-bond acceptors (Lipinski definition) is 5. The van der Waals surface area contributed by atoms with Gasteiger partial charge in [-0.25, -0.2) is 4.79 Å². The summed E-state index contributed by atoms with van der Waals surface area (Å²) < 4.78 is 11.6. The Balaban J connectivity index is 1.75. The molecule has 3 rings (SSSR count). The van der Waals surface area contributed by atoms with Crippen LogP contribution in [-0.2, 0) is 14.3 Å². The van der Waals surface area contributed by atoms with Crippen molar-refractivity contribution in [2.45, 2.75) is 56.1 Å². The van der Waals surface area contributed by atoms with Crippen molar-refractivity contribution in [1.82, 2.24) is 9.80 Å². The number of hydrogen-bond donors (Lipinski definition) is 2. The molecule has 142 valence electrons. The van der Waals surface area contributed by atoms with Crippen LogP contribution in [0.15, 0.2) is 0 Å². The number of ether oxygens (including phenoxy) is 2. The quantitative estimate of drug-likeness (QED) is 0.660. The van der Waals surface area contributed by atoms with Crippen molar-refractivity contribution in [3.8, 4) is 0 Å². The molecule has 2 amide bonds. The van der Waals surface area contributed by atoms with Gasteiger partial charge in [0, 0.05) is 32.0 Å². The molecule has 0 radical (unpaired) electrons. The van der Waals surface area contributed by atoms with Gasteiger partial charge in [0.2, 0.25) is 5.91 Å². The number of aliphatic hydroxyl groups excluding tert-OH is 1. The first-order valence-corrected chi connectivity index (χ1v) is 9.89. The second-order valence-corrected chi connectivity index (χ2v) is 7.48. The van der Waals surface area contributed by atoms with Gasteiger partial charge in [0.05, 0.1) is 30.7 Å². The minimum Gasteiger partial charge on any atom is -0.465 e. The Morgan fingerprint density at radius 1 is 1.20 bits per heavy atom. The maximum atomic E-state index is 12.6. The second kappa shape index (κ2) is 7.77. The summed E-state index contributed by atoms with van der Waals surface area (Å²) in [5.41, 5.74) is 0. The van der Waals surface area contributed by atoms with E-state index in [-0.39, 0.29) is 23.3 Å². The van der Waals surface area contributed by atoms with E-state index in [4.69, 9.17) is 14.6 Å². The van der Waals surface area contributed by atoms with Crippen molar-refractivity contribution < 1.29 is 29.3 Å². The summed E-state index contributed by atoms with van der Waals surface area (Å²) >= 11 is 3.24. The largest absolute Gasteiger partial charge is 0.465 e. The predicted octanol–water partition coefficient (Wildman–Crippen LogP) is 1.01. The lowest BCUT2D eigenvalue weighted by Crippen LogP contribution is -2.60. The van der Waals surface area contributed by atoms with Crippen LogP contribution in [-0.4, -0.2) is 87.6 Å². The highest BCUT2D eigenvalue weighted by Crippen LogP contribution is 2.39. The van der Waals surface area contributed by atoms with Crippen LogP contribution in [0.3, 0.4) is 0 Å². The molecule has 0 aromatic rings. The number of likely N-dealkylation sites (tertiary alicyclic amines) is 1. The molecule has 3 aliphatic rings. The number of amides is 2. The van der Waals surface area contributed by atoms with Crippen LogP contribution >= 0.6 is 15.9 Å². The Morgan fingerprint density at radius 3 is 2.40 bits per heavy atom. The molecule has 1 aliphatic carbocycles. The van der Waals surface area contributed by atoms with Gasteiger partial charge >= 0.3 is 6.09 Å². The fourth-order valence-electron chi connectivity index (χ4n) is 4.22. The van der Waals surface area contributed by atoms with E-state index >= 15 is 0 Å². The molecule has 2 aliphatic heterocycles. The standard InChI is InChI=1S/C16H25BrN2O6/c17-10-14(21)19(11-2-5-18(6-3-11)15(22)23)12-9-16(4-1-13(12)20)24-7-8-25-16/h11-13,20H,1-10H2,(H,22,23). The van der Waals surface area contributed by atoms with Crippen LogP contribution < -0.4 is 0 Å². The number of aliphatic hydroxyl groups is 1. The van der Waals surface area contributed by atoms with E-state index in [1.54, 1.807) is 4.90 Å². The minimum absolute atomic E-state index is 0.0862. The molecule has 2 heterocycles. The summed E-state index contributed by atoms with van der Waals surface area (Å²) in [6.45, 7) is 1.86. The Kier molecular flexibility index (Phi) is 5.87. The molecule has 9 heteroatoms. The van der Waals surface area contributed by atoms with Gasteiger partial charge in [0.15, 0.2) is 5.79 Å². The van der Waals surface area contributed by atoms with E-state index < -0.39 is 18.0 Å². The molecule has 2 N–H and O–H groups in total. The zero-order valence-corrected chi connectivity index (χ0v) is 15.7. The van der Waals surface area contributed by atoms with Gasteiger partial charge in [-0.2, -0.15) is 0 Å². The summed E-state index contributed by atoms with van der Waals surface area (Å²) in [6.07, 6.45) is 1.18. The molecule has 2 unspecified atom stereocenters. The van der Waals surface area contributed by atoms with E-state index in [9.17, 15) is 14.7 Å². The topological polar surface area (TPSA) is 99.5 Å². The molecule has 0 aromatic heterocycles. The SMILES string of the molecule is O=C(O)N1CCC(N(C(=O)CBr)C2CC3(CCC2O)OCCO3)CC1. The molecular formula is C16H25BrN2O6. The van der Waals surface area contributed by atoms with Gasteiger partial charge in [-0.3, -0.25) is 4.79 Å². The molecule has 2 saturated heterocycles. The van der Waals surface area contributed by atoms with E-state index in [1.807, 2.05) is 0 Å². The first-order valence-electron chi connectivity index (χ1n) is 8.77. The van der Waals surface area contributed by atoms with Crippen LogP contribution in [0.1, 0.15) is 32.1 Å². The molecule has 8 nitrogen and oxygen atoms in total. The van der Waals surface area contributed by atoms with Crippen molar-refractivity contribution in [3.05, 3.63) is 0 Å². The lowest BCUT2D eigenvalue weighted by Gasteiger charge is -2.48. The van der Waals surface area contributed by atoms with Crippen molar-refractivity contribution >= 4 is 27.9 Å². The highest BCUT2D eigenvalue weighted by molar-refractivity contribution is 9.09.